The summed E-state index contributed by atoms with van der Waals surface area (Å²) in [4.78, 5) is 0. The third-order valence-electron chi connectivity index (χ3n) is 4.00. The first-order valence-corrected chi connectivity index (χ1v) is 7.58. The van der Waals surface area contributed by atoms with Gasteiger partial charge < -0.3 is 6.92 Å². The van der Waals surface area contributed by atoms with Crippen molar-refractivity contribution in [2.75, 3.05) is 0 Å². The molecule has 1 aromatic rings. The molecule has 0 N–H and O–H groups in total. The fourth-order valence-corrected chi connectivity index (χ4v) is 2.60. The Balaban J connectivity index is 0. The fraction of sp³-hybridized carbons (Fsp3) is 0.421. The van der Waals surface area contributed by atoms with Gasteiger partial charge in [-0.2, -0.15) is 6.92 Å². The average molecular weight is 431 g/mol. The second-order valence-electron chi connectivity index (χ2n) is 5.37. The third-order valence-corrected chi connectivity index (χ3v) is 4.00. The van der Waals surface area contributed by atoms with E-state index in [4.69, 9.17) is 0 Å². The van der Waals surface area contributed by atoms with Gasteiger partial charge in [0, 0.05) is 56.8 Å². The van der Waals surface area contributed by atoms with E-state index in [-0.39, 0.29) is 51.3 Å². The Morgan fingerprint density at radius 1 is 1.04 bits per heavy atom. The monoisotopic (exact) mass is 431 g/mol. The van der Waals surface area contributed by atoms with Crippen molar-refractivity contribution in [3.63, 3.8) is 0 Å². The Bertz CT molecular complexity index is 492. The number of rotatable bonds is 3. The van der Waals surface area contributed by atoms with Crippen LogP contribution in [0.3, 0.4) is 0 Å². The van der Waals surface area contributed by atoms with E-state index in [0.717, 1.165) is 25.7 Å². The first kappa shape index (κ1) is 25.5. The zero-order chi connectivity index (χ0) is 15.8. The molecule has 0 bridgehead atoms. The molecule has 1 saturated carbocycles. The van der Waals surface area contributed by atoms with Crippen LogP contribution in [0, 0.1) is 37.3 Å². The zero-order valence-electron chi connectivity index (χ0n) is 14.1. The van der Waals surface area contributed by atoms with Gasteiger partial charge in [-0.25, -0.2) is 8.78 Å². The molecular formula is C19H25F2VY-. The summed E-state index contributed by atoms with van der Waals surface area (Å²) in [7, 11) is 0. The van der Waals surface area contributed by atoms with Crippen LogP contribution in [-0.2, 0) is 51.3 Å². The van der Waals surface area contributed by atoms with Crippen LogP contribution in [0.15, 0.2) is 30.9 Å². The summed E-state index contributed by atoms with van der Waals surface area (Å²) < 4.78 is 27.1. The summed E-state index contributed by atoms with van der Waals surface area (Å²) in [5.74, 6) is -0.383. The molecule has 0 aromatic heterocycles. The number of benzene rings is 1. The molecule has 2 rings (SSSR count). The van der Waals surface area contributed by atoms with Crippen molar-refractivity contribution in [2.24, 2.45) is 11.8 Å². The molecule has 23 heavy (non-hydrogen) atoms. The van der Waals surface area contributed by atoms with Crippen LogP contribution >= 0.6 is 0 Å². The maximum Gasteiger partial charge on any atom is 0.166 e. The molecule has 2 radical (unpaired) electrons. The predicted molar refractivity (Wildman–Crippen MR) is 86.8 cm³/mol. The molecule has 0 nitrogen and oxygen atoms in total. The molecule has 0 spiro atoms. The minimum Gasteiger partial charge on any atom is -0.346 e. The van der Waals surface area contributed by atoms with E-state index in [9.17, 15) is 8.78 Å². The van der Waals surface area contributed by atoms with E-state index >= 15 is 0 Å². The maximum atomic E-state index is 13.7. The molecular weight excluding hydrogens is 406 g/mol. The SMILES string of the molecule is C=CC1CCC(/C=C/c2ccc(C)c(F)c2F)CC1.[CH2-]C.[V].[Y]. The Morgan fingerprint density at radius 3 is 2.09 bits per heavy atom. The van der Waals surface area contributed by atoms with Crippen molar-refractivity contribution in [2.45, 2.75) is 39.5 Å². The number of hydrogen-bond donors (Lipinski definition) is 0. The smallest absolute Gasteiger partial charge is 0.166 e. The van der Waals surface area contributed by atoms with Gasteiger partial charge in [-0.05, 0) is 50.0 Å². The fourth-order valence-electron chi connectivity index (χ4n) is 2.60. The topological polar surface area (TPSA) is 0 Å². The van der Waals surface area contributed by atoms with E-state index in [1.54, 1.807) is 32.1 Å². The predicted octanol–water partition coefficient (Wildman–Crippen LogP) is 6.11. The second kappa shape index (κ2) is 13.5. The minimum atomic E-state index is -0.740. The Morgan fingerprint density at radius 2 is 1.57 bits per heavy atom. The Kier molecular flexibility index (Phi) is 15.0. The van der Waals surface area contributed by atoms with Crippen molar-refractivity contribution in [1.29, 1.82) is 0 Å². The van der Waals surface area contributed by atoms with Crippen molar-refractivity contribution < 1.29 is 60.0 Å². The van der Waals surface area contributed by atoms with Gasteiger partial charge in [-0.15, -0.1) is 6.58 Å². The molecule has 0 saturated heterocycles. The summed E-state index contributed by atoms with van der Waals surface area (Å²) in [5.41, 5.74) is 0.690. The number of halogens is 2. The molecule has 0 amide bonds. The molecule has 0 unspecified atom stereocenters. The van der Waals surface area contributed by atoms with E-state index < -0.39 is 11.6 Å². The Labute approximate surface area is 177 Å². The van der Waals surface area contributed by atoms with E-state index in [2.05, 4.69) is 13.5 Å². The van der Waals surface area contributed by atoms with Crippen LogP contribution in [-0.4, -0.2) is 0 Å². The van der Waals surface area contributed by atoms with Gasteiger partial charge >= 0.3 is 0 Å². The number of aryl methyl sites for hydroxylation is 1. The summed E-state index contributed by atoms with van der Waals surface area (Å²) in [5, 5.41) is 0. The van der Waals surface area contributed by atoms with Crippen LogP contribution in [0.1, 0.15) is 43.7 Å². The molecule has 1 aliphatic carbocycles. The van der Waals surface area contributed by atoms with Crippen molar-refractivity contribution in [3.8, 4) is 0 Å². The normalized spacial score (nSPS) is 19.9. The summed E-state index contributed by atoms with van der Waals surface area (Å²) in [6.07, 6.45) is 10.2. The Hall–Kier alpha value is 0.248. The molecule has 0 aliphatic heterocycles. The van der Waals surface area contributed by atoms with Gasteiger partial charge in [0.2, 0.25) is 0 Å². The van der Waals surface area contributed by atoms with Gasteiger partial charge in [-0.3, -0.25) is 0 Å². The first-order valence-electron chi connectivity index (χ1n) is 7.58. The van der Waals surface area contributed by atoms with Crippen LogP contribution in [0.25, 0.3) is 6.08 Å². The minimum absolute atomic E-state index is 0. The van der Waals surface area contributed by atoms with Crippen molar-refractivity contribution in [1.82, 2.24) is 0 Å². The van der Waals surface area contributed by atoms with Crippen molar-refractivity contribution >= 4 is 6.08 Å². The average Bonchev–Trinajstić information content (AvgIpc) is 2.54. The third kappa shape index (κ3) is 7.78. The molecule has 1 fully saturated rings. The molecule has 1 aromatic carbocycles. The van der Waals surface area contributed by atoms with Crippen LogP contribution in [0.2, 0.25) is 0 Å². The molecule has 1 aliphatic rings. The van der Waals surface area contributed by atoms with Gasteiger partial charge in [0.15, 0.2) is 11.6 Å². The van der Waals surface area contributed by atoms with Gasteiger partial charge in [0.25, 0.3) is 0 Å². The van der Waals surface area contributed by atoms with Crippen LogP contribution in [0.4, 0.5) is 8.78 Å². The maximum absolute atomic E-state index is 13.7. The molecule has 0 atom stereocenters. The first-order chi connectivity index (χ1) is 10.1. The number of hydrogen-bond acceptors (Lipinski definition) is 0. The quantitative estimate of drug-likeness (QED) is 0.400. The van der Waals surface area contributed by atoms with Crippen LogP contribution in [0.5, 0.6) is 0 Å². The van der Waals surface area contributed by atoms with Gasteiger partial charge in [0.1, 0.15) is 0 Å². The molecule has 124 valence electrons. The van der Waals surface area contributed by atoms with Gasteiger partial charge in [0.05, 0.1) is 0 Å². The van der Waals surface area contributed by atoms with E-state index in [0.29, 0.717) is 23.0 Å². The molecule has 4 heteroatoms. The van der Waals surface area contributed by atoms with E-state index in [1.807, 2.05) is 12.2 Å². The van der Waals surface area contributed by atoms with Crippen molar-refractivity contribution in [3.05, 3.63) is 60.5 Å². The zero-order valence-corrected chi connectivity index (χ0v) is 18.3. The number of allylic oxidation sites excluding steroid dienone is 2. The van der Waals surface area contributed by atoms with Crippen LogP contribution < -0.4 is 0 Å². The largest absolute Gasteiger partial charge is 0.346 e. The van der Waals surface area contributed by atoms with Gasteiger partial charge in [-0.1, -0.05) is 30.4 Å². The standard InChI is InChI=1S/C17H20F2.C2H5.V.Y/c1-3-13-5-7-14(8-6-13)9-11-15-10-4-12(2)16(18)17(15)19;1-2;;/h3-4,9-11,13-14H,1,5-8H2,2H3;1H2,2H3;;/q;-1;;/b11-9+;;;. The summed E-state index contributed by atoms with van der Waals surface area (Å²) >= 11 is 0. The second-order valence-corrected chi connectivity index (χ2v) is 5.37. The summed E-state index contributed by atoms with van der Waals surface area (Å²) in [6, 6.07) is 3.26. The van der Waals surface area contributed by atoms with E-state index in [1.165, 1.54) is 0 Å². The summed E-state index contributed by atoms with van der Waals surface area (Å²) in [6.45, 7) is 10.4. The molecule has 0 heterocycles.